The molecule has 13 heavy (non-hydrogen) atoms. The van der Waals surface area contributed by atoms with Crippen LogP contribution in [0.15, 0.2) is 18.2 Å². The second kappa shape index (κ2) is 4.14. The third-order valence-electron chi connectivity index (χ3n) is 1.60. The Labute approximate surface area is 81.3 Å². The lowest BCUT2D eigenvalue weighted by Crippen LogP contribution is -2.05. The van der Waals surface area contributed by atoms with Crippen molar-refractivity contribution in [2.24, 2.45) is 0 Å². The molecule has 0 aromatic heterocycles. The van der Waals surface area contributed by atoms with E-state index in [-0.39, 0.29) is 5.56 Å². The molecule has 0 saturated carbocycles. The molecule has 0 aliphatic carbocycles. The second-order valence-electron chi connectivity index (χ2n) is 2.50. The second-order valence-corrected chi connectivity index (χ2v) is 2.91. The van der Waals surface area contributed by atoms with Crippen LogP contribution in [0, 0.1) is 0 Å². The van der Waals surface area contributed by atoms with Crippen molar-refractivity contribution in [2.75, 3.05) is 11.9 Å². The van der Waals surface area contributed by atoms with Crippen LogP contribution in [0.1, 0.15) is 17.3 Å². The minimum absolute atomic E-state index is 0.203. The SMILES string of the molecule is CCNc1c(Cl)cccc1C(=O)O. The van der Waals surface area contributed by atoms with E-state index < -0.39 is 5.97 Å². The summed E-state index contributed by atoms with van der Waals surface area (Å²) >= 11 is 5.83. The van der Waals surface area contributed by atoms with Crippen LogP contribution in [0.25, 0.3) is 0 Å². The molecule has 1 rings (SSSR count). The van der Waals surface area contributed by atoms with Gasteiger partial charge < -0.3 is 10.4 Å². The maximum absolute atomic E-state index is 10.8. The number of hydrogen-bond donors (Lipinski definition) is 2. The summed E-state index contributed by atoms with van der Waals surface area (Å²) in [4.78, 5) is 10.8. The first-order valence-electron chi connectivity index (χ1n) is 3.92. The molecule has 70 valence electrons. The van der Waals surface area contributed by atoms with E-state index in [4.69, 9.17) is 16.7 Å². The predicted octanol–water partition coefficient (Wildman–Crippen LogP) is 2.47. The maximum atomic E-state index is 10.8. The van der Waals surface area contributed by atoms with Crippen LogP contribution >= 0.6 is 11.6 Å². The van der Waals surface area contributed by atoms with Crippen LogP contribution in [0.5, 0.6) is 0 Å². The first-order valence-corrected chi connectivity index (χ1v) is 4.30. The molecule has 0 radical (unpaired) electrons. The van der Waals surface area contributed by atoms with Crippen LogP contribution in [-0.2, 0) is 0 Å². The predicted molar refractivity (Wildman–Crippen MR) is 52.6 cm³/mol. The molecular formula is C9H10ClNO2. The highest BCUT2D eigenvalue weighted by atomic mass is 35.5. The topological polar surface area (TPSA) is 49.3 Å². The Morgan fingerprint density at radius 2 is 2.31 bits per heavy atom. The summed E-state index contributed by atoms with van der Waals surface area (Å²) in [7, 11) is 0. The first kappa shape index (κ1) is 9.86. The fourth-order valence-electron chi connectivity index (χ4n) is 1.06. The highest BCUT2D eigenvalue weighted by Crippen LogP contribution is 2.25. The van der Waals surface area contributed by atoms with E-state index in [2.05, 4.69) is 5.32 Å². The largest absolute Gasteiger partial charge is 0.478 e. The van der Waals surface area contributed by atoms with Gasteiger partial charge in [0.15, 0.2) is 0 Å². The van der Waals surface area contributed by atoms with Gasteiger partial charge in [0.1, 0.15) is 0 Å². The Kier molecular flexibility index (Phi) is 3.14. The molecule has 0 fully saturated rings. The lowest BCUT2D eigenvalue weighted by atomic mass is 10.2. The lowest BCUT2D eigenvalue weighted by molar-refractivity contribution is 0.0698. The van der Waals surface area contributed by atoms with E-state index in [0.29, 0.717) is 17.3 Å². The van der Waals surface area contributed by atoms with Crippen LogP contribution in [0.2, 0.25) is 5.02 Å². The number of rotatable bonds is 3. The summed E-state index contributed by atoms with van der Waals surface area (Å²) in [5, 5.41) is 12.2. The monoisotopic (exact) mass is 199 g/mol. The third-order valence-corrected chi connectivity index (χ3v) is 1.91. The van der Waals surface area contributed by atoms with Gasteiger partial charge in [-0.15, -0.1) is 0 Å². The molecule has 3 nitrogen and oxygen atoms in total. The number of aromatic carboxylic acids is 1. The fourth-order valence-corrected chi connectivity index (χ4v) is 1.30. The smallest absolute Gasteiger partial charge is 0.337 e. The molecule has 0 unspecified atom stereocenters. The molecule has 4 heteroatoms. The first-order chi connectivity index (χ1) is 6.16. The van der Waals surface area contributed by atoms with E-state index in [0.717, 1.165) is 0 Å². The van der Waals surface area contributed by atoms with E-state index in [1.54, 1.807) is 12.1 Å². The van der Waals surface area contributed by atoms with Gasteiger partial charge in [-0.25, -0.2) is 4.79 Å². The molecule has 1 aromatic rings. The Morgan fingerprint density at radius 1 is 1.62 bits per heavy atom. The number of carboxylic acid groups (broad SMARTS) is 1. The lowest BCUT2D eigenvalue weighted by Gasteiger charge is -2.08. The normalized spacial score (nSPS) is 9.69. The molecule has 0 saturated heterocycles. The number of benzene rings is 1. The van der Waals surface area contributed by atoms with E-state index in [1.807, 2.05) is 6.92 Å². The van der Waals surface area contributed by atoms with Gasteiger partial charge in [-0.2, -0.15) is 0 Å². The average molecular weight is 200 g/mol. The van der Waals surface area contributed by atoms with Crippen LogP contribution in [0.3, 0.4) is 0 Å². The highest BCUT2D eigenvalue weighted by Gasteiger charge is 2.11. The Morgan fingerprint density at radius 3 is 2.85 bits per heavy atom. The van der Waals surface area contributed by atoms with Crippen molar-refractivity contribution >= 4 is 23.3 Å². The standard InChI is InChI=1S/C9H10ClNO2/c1-2-11-8-6(9(12)13)4-3-5-7(8)10/h3-5,11H,2H2,1H3,(H,12,13). The summed E-state index contributed by atoms with van der Waals surface area (Å²) in [5.74, 6) is -0.974. The molecular weight excluding hydrogens is 190 g/mol. The average Bonchev–Trinajstić information content (AvgIpc) is 2.08. The summed E-state index contributed by atoms with van der Waals surface area (Å²) in [6.45, 7) is 2.53. The Bertz CT molecular complexity index is 325. The van der Waals surface area contributed by atoms with Gasteiger partial charge in [0, 0.05) is 6.54 Å². The van der Waals surface area contributed by atoms with Gasteiger partial charge >= 0.3 is 5.97 Å². The molecule has 0 bridgehead atoms. The van der Waals surface area contributed by atoms with Gasteiger partial charge in [0.25, 0.3) is 0 Å². The Hall–Kier alpha value is -1.22. The summed E-state index contributed by atoms with van der Waals surface area (Å²) < 4.78 is 0. The van der Waals surface area contributed by atoms with Crippen molar-refractivity contribution in [3.05, 3.63) is 28.8 Å². The van der Waals surface area contributed by atoms with Gasteiger partial charge in [-0.1, -0.05) is 17.7 Å². The molecule has 0 atom stereocenters. The Balaban J connectivity index is 3.17. The van der Waals surface area contributed by atoms with Crippen molar-refractivity contribution < 1.29 is 9.90 Å². The van der Waals surface area contributed by atoms with Crippen molar-refractivity contribution in [3.63, 3.8) is 0 Å². The van der Waals surface area contributed by atoms with Crippen molar-refractivity contribution in [2.45, 2.75) is 6.92 Å². The van der Waals surface area contributed by atoms with Crippen LogP contribution < -0.4 is 5.32 Å². The van der Waals surface area contributed by atoms with Gasteiger partial charge in [-0.3, -0.25) is 0 Å². The molecule has 0 heterocycles. The van der Waals surface area contributed by atoms with E-state index in [1.165, 1.54) is 6.07 Å². The van der Waals surface area contributed by atoms with E-state index >= 15 is 0 Å². The van der Waals surface area contributed by atoms with Crippen molar-refractivity contribution in [3.8, 4) is 0 Å². The number of nitrogens with one attached hydrogen (secondary N) is 1. The van der Waals surface area contributed by atoms with Gasteiger partial charge in [0.05, 0.1) is 16.3 Å². The van der Waals surface area contributed by atoms with E-state index in [9.17, 15) is 4.79 Å². The number of halogens is 1. The molecule has 0 aliphatic heterocycles. The van der Waals surface area contributed by atoms with Crippen LogP contribution in [-0.4, -0.2) is 17.6 Å². The molecule has 1 aromatic carbocycles. The number of para-hydroxylation sites is 1. The van der Waals surface area contributed by atoms with Crippen molar-refractivity contribution in [1.82, 2.24) is 0 Å². The minimum atomic E-state index is -0.974. The molecule has 0 aliphatic rings. The third kappa shape index (κ3) is 2.12. The number of hydrogen-bond acceptors (Lipinski definition) is 2. The molecule has 2 N–H and O–H groups in total. The summed E-state index contributed by atoms with van der Waals surface area (Å²) in [6.07, 6.45) is 0. The number of carboxylic acids is 1. The van der Waals surface area contributed by atoms with Crippen LogP contribution in [0.4, 0.5) is 5.69 Å². The fraction of sp³-hybridized carbons (Fsp3) is 0.222. The van der Waals surface area contributed by atoms with Gasteiger partial charge in [0.2, 0.25) is 0 Å². The molecule has 0 spiro atoms. The zero-order valence-corrected chi connectivity index (χ0v) is 7.93. The number of carbonyl (C=O) groups is 1. The minimum Gasteiger partial charge on any atom is -0.478 e. The zero-order chi connectivity index (χ0) is 9.84. The zero-order valence-electron chi connectivity index (χ0n) is 7.17. The summed E-state index contributed by atoms with van der Waals surface area (Å²) in [6, 6.07) is 4.80. The summed E-state index contributed by atoms with van der Waals surface area (Å²) in [5.41, 5.74) is 0.688. The quantitative estimate of drug-likeness (QED) is 0.786. The number of anilines is 1. The highest BCUT2D eigenvalue weighted by molar-refractivity contribution is 6.34. The van der Waals surface area contributed by atoms with Gasteiger partial charge in [-0.05, 0) is 19.1 Å². The molecule has 0 amide bonds. The van der Waals surface area contributed by atoms with Crippen molar-refractivity contribution in [1.29, 1.82) is 0 Å². The maximum Gasteiger partial charge on any atom is 0.337 e.